The van der Waals surface area contributed by atoms with Crippen LogP contribution in [0.5, 0.6) is 5.75 Å². The topological polar surface area (TPSA) is 96.0 Å². The van der Waals surface area contributed by atoms with E-state index in [9.17, 15) is 18.0 Å². The van der Waals surface area contributed by atoms with Crippen LogP contribution in [0.3, 0.4) is 0 Å². The molecule has 0 saturated carbocycles. The van der Waals surface area contributed by atoms with Gasteiger partial charge in [-0.2, -0.15) is 0 Å². The van der Waals surface area contributed by atoms with Gasteiger partial charge in [0.2, 0.25) is 11.8 Å². The Balaban J connectivity index is 2.05. The van der Waals surface area contributed by atoms with Crippen molar-refractivity contribution in [2.45, 2.75) is 64.6 Å². The molecule has 0 fully saturated rings. The fraction of sp³-hybridized carbons (Fsp3) is 0.355. The average Bonchev–Trinajstić information content (AvgIpc) is 2.94. The second-order valence-corrected chi connectivity index (χ2v) is 12.9. The first-order chi connectivity index (χ1) is 19.4. The molecule has 0 heterocycles. The predicted molar refractivity (Wildman–Crippen MR) is 165 cm³/mol. The molecule has 0 unspecified atom stereocenters. The van der Waals surface area contributed by atoms with E-state index >= 15 is 0 Å². The minimum absolute atomic E-state index is 0.00801. The number of nitrogens with one attached hydrogen (secondary N) is 1. The number of carbonyl (C=O) groups excluding carboxylic acids is 2. The summed E-state index contributed by atoms with van der Waals surface area (Å²) in [5.74, 6) is -0.327. The summed E-state index contributed by atoms with van der Waals surface area (Å²) < 4.78 is 34.9. The van der Waals surface area contributed by atoms with Crippen LogP contribution in [0.2, 0.25) is 0 Å². The monoisotopic (exact) mass is 643 g/mol. The molecule has 1 N–H and O–H groups in total. The molecule has 0 aliphatic carbocycles. The Bertz CT molecular complexity index is 1480. The van der Waals surface area contributed by atoms with E-state index in [0.717, 1.165) is 27.4 Å². The van der Waals surface area contributed by atoms with Gasteiger partial charge >= 0.3 is 0 Å². The Morgan fingerprint density at radius 1 is 0.976 bits per heavy atom. The molecule has 3 aromatic carbocycles. The first-order valence-electron chi connectivity index (χ1n) is 13.5. The summed E-state index contributed by atoms with van der Waals surface area (Å²) >= 11 is 3.36. The van der Waals surface area contributed by atoms with Crippen LogP contribution < -0.4 is 14.4 Å². The van der Waals surface area contributed by atoms with Crippen LogP contribution in [0.1, 0.15) is 43.9 Å². The molecule has 0 spiro atoms. The lowest BCUT2D eigenvalue weighted by atomic mass is 10.1. The Kier molecular flexibility index (Phi) is 11.0. The molecule has 0 saturated heterocycles. The van der Waals surface area contributed by atoms with Gasteiger partial charge in [0.1, 0.15) is 18.3 Å². The summed E-state index contributed by atoms with van der Waals surface area (Å²) in [7, 11) is -2.70. The van der Waals surface area contributed by atoms with Gasteiger partial charge in [-0.15, -0.1) is 0 Å². The Hall–Kier alpha value is -3.37. The van der Waals surface area contributed by atoms with Crippen molar-refractivity contribution in [1.29, 1.82) is 0 Å². The van der Waals surface area contributed by atoms with Crippen molar-refractivity contribution in [2.24, 2.45) is 0 Å². The maximum absolute atomic E-state index is 14.0. The van der Waals surface area contributed by atoms with Crippen molar-refractivity contribution >= 4 is 43.5 Å². The normalized spacial score (nSPS) is 12.8. The third-order valence-electron chi connectivity index (χ3n) is 6.92. The molecule has 220 valence electrons. The van der Waals surface area contributed by atoms with E-state index in [2.05, 4.69) is 21.2 Å². The Morgan fingerprint density at radius 3 is 2.24 bits per heavy atom. The highest BCUT2D eigenvalue weighted by Gasteiger charge is 2.33. The highest BCUT2D eigenvalue weighted by Crippen LogP contribution is 2.31. The number of sulfonamides is 1. The number of methoxy groups -OCH3 is 1. The summed E-state index contributed by atoms with van der Waals surface area (Å²) in [6, 6.07) is 18.1. The summed E-state index contributed by atoms with van der Waals surface area (Å²) in [6.45, 7) is 9.02. The van der Waals surface area contributed by atoms with Crippen LogP contribution in [0.15, 0.2) is 76.1 Å². The molecule has 0 bridgehead atoms. The fourth-order valence-electron chi connectivity index (χ4n) is 4.23. The van der Waals surface area contributed by atoms with Crippen molar-refractivity contribution in [3.8, 4) is 5.75 Å². The van der Waals surface area contributed by atoms with Gasteiger partial charge in [0.05, 0.1) is 22.2 Å². The van der Waals surface area contributed by atoms with Crippen molar-refractivity contribution in [1.82, 2.24) is 10.2 Å². The largest absolute Gasteiger partial charge is 0.496 e. The average molecular weight is 645 g/mol. The van der Waals surface area contributed by atoms with Gasteiger partial charge in [-0.1, -0.05) is 54.4 Å². The van der Waals surface area contributed by atoms with Crippen LogP contribution in [0, 0.1) is 13.8 Å². The van der Waals surface area contributed by atoms with Crippen LogP contribution >= 0.6 is 15.9 Å². The standard InChI is InChI=1S/C31H38BrN3O5S/c1-7-23(4)33-31(37)24(5)34(19-25-10-8-9-22(3)17-25)30(36)20-35(26-13-11-21(2)12-14-26)41(38,39)27-15-16-29(40-6)28(32)18-27/h8-18,23-24H,7,19-20H2,1-6H3,(H,33,37)/t23-,24-/m1/s1. The van der Waals surface area contributed by atoms with Crippen LogP contribution in [0.4, 0.5) is 5.69 Å². The Labute approximate surface area is 251 Å². The van der Waals surface area contributed by atoms with Gasteiger partial charge < -0.3 is 15.0 Å². The van der Waals surface area contributed by atoms with Crippen molar-refractivity contribution in [2.75, 3.05) is 18.0 Å². The van der Waals surface area contributed by atoms with E-state index < -0.39 is 28.5 Å². The van der Waals surface area contributed by atoms with Crippen molar-refractivity contribution < 1.29 is 22.7 Å². The highest BCUT2D eigenvalue weighted by molar-refractivity contribution is 9.10. The first-order valence-corrected chi connectivity index (χ1v) is 15.7. The predicted octanol–water partition coefficient (Wildman–Crippen LogP) is 5.60. The molecular weight excluding hydrogens is 606 g/mol. The SMILES string of the molecule is CC[C@@H](C)NC(=O)[C@@H](C)N(Cc1cccc(C)c1)C(=O)CN(c1ccc(C)cc1)S(=O)(=O)c1ccc(OC)c(Br)c1. The smallest absolute Gasteiger partial charge is 0.264 e. The molecule has 3 rings (SSSR count). The molecular formula is C31H38BrN3O5S. The maximum Gasteiger partial charge on any atom is 0.264 e. The van der Waals surface area contributed by atoms with E-state index in [1.54, 1.807) is 37.3 Å². The van der Waals surface area contributed by atoms with Gasteiger partial charge in [-0.05, 0) is 85.9 Å². The van der Waals surface area contributed by atoms with Gasteiger partial charge in [0.25, 0.3) is 10.0 Å². The van der Waals surface area contributed by atoms with Crippen LogP contribution in [-0.4, -0.2) is 50.9 Å². The molecule has 10 heteroatoms. The van der Waals surface area contributed by atoms with Crippen molar-refractivity contribution in [3.63, 3.8) is 0 Å². The first kappa shape index (κ1) is 32.1. The molecule has 0 aromatic heterocycles. The van der Waals surface area contributed by atoms with Gasteiger partial charge in [-0.3, -0.25) is 13.9 Å². The molecule has 2 atom stereocenters. The lowest BCUT2D eigenvalue weighted by Crippen LogP contribution is -2.52. The van der Waals surface area contributed by atoms with E-state index in [1.165, 1.54) is 24.1 Å². The number of rotatable bonds is 12. The zero-order valence-electron chi connectivity index (χ0n) is 24.3. The molecule has 0 aliphatic rings. The lowest BCUT2D eigenvalue weighted by molar-refractivity contribution is -0.139. The van der Waals surface area contributed by atoms with Gasteiger partial charge in [0, 0.05) is 12.6 Å². The third kappa shape index (κ3) is 8.10. The molecule has 41 heavy (non-hydrogen) atoms. The molecule has 0 radical (unpaired) electrons. The summed E-state index contributed by atoms with van der Waals surface area (Å²) in [5.41, 5.74) is 3.13. The number of carbonyl (C=O) groups is 2. The number of amides is 2. The molecule has 3 aromatic rings. The highest BCUT2D eigenvalue weighted by atomic mass is 79.9. The zero-order valence-corrected chi connectivity index (χ0v) is 26.8. The van der Waals surface area contributed by atoms with E-state index in [0.29, 0.717) is 15.9 Å². The number of hydrogen-bond donors (Lipinski definition) is 1. The third-order valence-corrected chi connectivity index (χ3v) is 9.31. The summed E-state index contributed by atoms with van der Waals surface area (Å²) in [4.78, 5) is 28.6. The number of hydrogen-bond acceptors (Lipinski definition) is 5. The number of aryl methyl sites for hydroxylation is 2. The lowest BCUT2D eigenvalue weighted by Gasteiger charge is -2.32. The number of nitrogens with zero attached hydrogens (tertiary/aromatic N) is 2. The van der Waals surface area contributed by atoms with Crippen LogP contribution in [0.25, 0.3) is 0 Å². The van der Waals surface area contributed by atoms with E-state index in [1.807, 2.05) is 52.0 Å². The van der Waals surface area contributed by atoms with Crippen LogP contribution in [-0.2, 0) is 26.2 Å². The van der Waals surface area contributed by atoms with Crippen molar-refractivity contribution in [3.05, 3.63) is 87.9 Å². The summed E-state index contributed by atoms with van der Waals surface area (Å²) in [6.07, 6.45) is 0.737. The number of benzene rings is 3. The molecule has 0 aliphatic heterocycles. The summed E-state index contributed by atoms with van der Waals surface area (Å²) in [5, 5.41) is 2.94. The minimum Gasteiger partial charge on any atom is -0.496 e. The number of anilines is 1. The minimum atomic E-state index is -4.19. The van der Waals surface area contributed by atoms with E-state index in [4.69, 9.17) is 4.74 Å². The fourth-order valence-corrected chi connectivity index (χ4v) is 6.36. The molecule has 8 nitrogen and oxygen atoms in total. The quantitative estimate of drug-likeness (QED) is 0.277. The Morgan fingerprint density at radius 2 is 1.66 bits per heavy atom. The van der Waals surface area contributed by atoms with Gasteiger partial charge in [-0.25, -0.2) is 8.42 Å². The number of ether oxygens (including phenoxy) is 1. The second kappa shape index (κ2) is 14.0. The zero-order chi connectivity index (χ0) is 30.3. The van der Waals surface area contributed by atoms with Gasteiger partial charge in [0.15, 0.2) is 0 Å². The number of halogens is 1. The van der Waals surface area contributed by atoms with E-state index in [-0.39, 0.29) is 23.4 Å². The maximum atomic E-state index is 14.0. The molecule has 2 amide bonds. The second-order valence-electron chi connectivity index (χ2n) is 10.1.